The normalized spacial score (nSPS) is 15.2. The van der Waals surface area contributed by atoms with E-state index in [4.69, 9.17) is 5.11 Å². The molecule has 0 saturated carbocycles. The fourth-order valence-electron chi connectivity index (χ4n) is 4.44. The molecular weight excluding hydrogens is 499 g/mol. The van der Waals surface area contributed by atoms with E-state index in [-0.39, 0.29) is 48.1 Å². The second-order valence-electron chi connectivity index (χ2n) is 10.6. The van der Waals surface area contributed by atoms with E-state index in [0.29, 0.717) is 31.0 Å². The number of piperazine rings is 1. The standard InChI is InChI=1S/C26H32F3N7O2/c1-25(2,3)17-34-8-9-35(23(38)16-34)14-19-5-4-18(12-21(19)26(27,28)29)22-6-7-30-24(33-22)32-20-13-31-36(15-20)10-11-37/h4-7,12-13,15,37H,8-11,14,16-17H2,1-3H3,(H,30,32,33). The number of hydrogen-bond donors (Lipinski definition) is 2. The van der Waals surface area contributed by atoms with Crippen LogP contribution in [0.1, 0.15) is 31.9 Å². The number of alkyl halides is 3. The minimum absolute atomic E-state index is 0.0278. The molecule has 4 rings (SSSR count). The van der Waals surface area contributed by atoms with E-state index in [1.165, 1.54) is 34.1 Å². The van der Waals surface area contributed by atoms with Gasteiger partial charge in [-0.3, -0.25) is 14.4 Å². The maximum absolute atomic E-state index is 14.1. The first-order chi connectivity index (χ1) is 17.9. The van der Waals surface area contributed by atoms with E-state index in [9.17, 15) is 18.0 Å². The molecule has 1 fully saturated rings. The topological polar surface area (TPSA) is 99.4 Å². The number of anilines is 2. The lowest BCUT2D eigenvalue weighted by molar-refractivity contribution is -0.141. The van der Waals surface area contributed by atoms with Crippen molar-refractivity contribution in [2.24, 2.45) is 5.41 Å². The molecule has 1 aliphatic rings. The number of benzene rings is 1. The van der Waals surface area contributed by atoms with Gasteiger partial charge in [-0.1, -0.05) is 32.9 Å². The Labute approximate surface area is 219 Å². The number of nitrogens with zero attached hydrogens (tertiary/aromatic N) is 6. The molecule has 1 saturated heterocycles. The molecule has 1 aliphatic heterocycles. The highest BCUT2D eigenvalue weighted by Crippen LogP contribution is 2.35. The molecule has 1 amide bonds. The average Bonchev–Trinajstić information content (AvgIpc) is 3.26. The van der Waals surface area contributed by atoms with Crippen LogP contribution in [0.15, 0.2) is 42.9 Å². The zero-order valence-corrected chi connectivity index (χ0v) is 21.7. The van der Waals surface area contributed by atoms with Crippen molar-refractivity contribution in [1.29, 1.82) is 0 Å². The molecule has 1 aromatic carbocycles. The van der Waals surface area contributed by atoms with Gasteiger partial charge in [0.15, 0.2) is 0 Å². The van der Waals surface area contributed by atoms with Crippen molar-refractivity contribution in [2.45, 2.75) is 40.0 Å². The van der Waals surface area contributed by atoms with Gasteiger partial charge in [-0.15, -0.1) is 0 Å². The van der Waals surface area contributed by atoms with Gasteiger partial charge in [0.1, 0.15) is 0 Å². The summed E-state index contributed by atoms with van der Waals surface area (Å²) in [6.07, 6.45) is 0.0527. The van der Waals surface area contributed by atoms with Crippen molar-refractivity contribution >= 4 is 17.5 Å². The third-order valence-electron chi connectivity index (χ3n) is 6.04. The van der Waals surface area contributed by atoms with Crippen molar-refractivity contribution in [3.63, 3.8) is 0 Å². The number of carbonyl (C=O) groups excluding carboxylic acids is 1. The van der Waals surface area contributed by atoms with Crippen LogP contribution in [-0.4, -0.2) is 73.3 Å². The number of aromatic nitrogens is 4. The van der Waals surface area contributed by atoms with Crippen molar-refractivity contribution in [2.75, 3.05) is 38.1 Å². The Hall–Kier alpha value is -3.51. The minimum atomic E-state index is -4.60. The van der Waals surface area contributed by atoms with Crippen LogP contribution in [0.2, 0.25) is 0 Å². The summed E-state index contributed by atoms with van der Waals surface area (Å²) in [6, 6.07) is 5.60. The molecule has 0 aliphatic carbocycles. The summed E-state index contributed by atoms with van der Waals surface area (Å²) in [5.74, 6) is 0.0222. The van der Waals surface area contributed by atoms with Crippen LogP contribution < -0.4 is 5.32 Å². The fraction of sp³-hybridized carbons (Fsp3) is 0.462. The lowest BCUT2D eigenvalue weighted by Crippen LogP contribution is -2.51. The van der Waals surface area contributed by atoms with E-state index in [1.54, 1.807) is 12.3 Å². The van der Waals surface area contributed by atoms with Crippen molar-refractivity contribution < 1.29 is 23.1 Å². The van der Waals surface area contributed by atoms with Crippen LogP contribution in [0.25, 0.3) is 11.3 Å². The number of rotatable bonds is 8. The van der Waals surface area contributed by atoms with Crippen LogP contribution in [0, 0.1) is 5.41 Å². The predicted octanol–water partition coefficient (Wildman–Crippen LogP) is 3.79. The molecule has 3 aromatic rings. The highest BCUT2D eigenvalue weighted by atomic mass is 19.4. The Morgan fingerprint density at radius 1 is 1.13 bits per heavy atom. The highest BCUT2D eigenvalue weighted by Gasteiger charge is 2.35. The summed E-state index contributed by atoms with van der Waals surface area (Å²) in [5, 5.41) is 16.1. The molecule has 9 nitrogen and oxygen atoms in total. The van der Waals surface area contributed by atoms with Gasteiger partial charge in [-0.2, -0.15) is 18.3 Å². The summed E-state index contributed by atoms with van der Waals surface area (Å²) in [6.45, 7) is 8.37. The first-order valence-electron chi connectivity index (χ1n) is 12.4. The molecular formula is C26H32F3N7O2. The molecule has 0 unspecified atom stereocenters. The predicted molar refractivity (Wildman–Crippen MR) is 136 cm³/mol. The van der Waals surface area contributed by atoms with Crippen LogP contribution >= 0.6 is 0 Å². The monoisotopic (exact) mass is 531 g/mol. The zero-order valence-electron chi connectivity index (χ0n) is 21.7. The SMILES string of the molecule is CC(C)(C)CN1CCN(Cc2ccc(-c3ccnc(Nc4cnn(CCO)c4)n3)cc2C(F)(F)F)C(=O)C1. The van der Waals surface area contributed by atoms with E-state index in [1.807, 2.05) is 4.90 Å². The first-order valence-corrected chi connectivity index (χ1v) is 12.4. The number of amides is 1. The Morgan fingerprint density at radius 2 is 1.92 bits per heavy atom. The molecule has 2 N–H and O–H groups in total. The third-order valence-corrected chi connectivity index (χ3v) is 6.04. The van der Waals surface area contributed by atoms with Gasteiger partial charge in [0, 0.05) is 44.1 Å². The molecule has 2 aromatic heterocycles. The van der Waals surface area contributed by atoms with Crippen molar-refractivity contribution in [3.8, 4) is 11.3 Å². The van der Waals surface area contributed by atoms with Gasteiger partial charge in [0.25, 0.3) is 0 Å². The van der Waals surface area contributed by atoms with Gasteiger partial charge in [0.05, 0.1) is 42.8 Å². The van der Waals surface area contributed by atoms with Crippen LogP contribution in [-0.2, 0) is 24.1 Å². The Bertz CT molecular complexity index is 1270. The molecule has 0 spiro atoms. The van der Waals surface area contributed by atoms with Crippen molar-refractivity contribution in [3.05, 3.63) is 54.0 Å². The number of aliphatic hydroxyl groups is 1. The summed E-state index contributed by atoms with van der Waals surface area (Å²) in [5.41, 5.74) is 0.452. The third kappa shape index (κ3) is 7.07. The highest BCUT2D eigenvalue weighted by molar-refractivity contribution is 5.79. The Kier molecular flexibility index (Phi) is 8.02. The molecule has 38 heavy (non-hydrogen) atoms. The van der Waals surface area contributed by atoms with Gasteiger partial charge in [0.2, 0.25) is 11.9 Å². The smallest absolute Gasteiger partial charge is 0.394 e. The van der Waals surface area contributed by atoms with Crippen LogP contribution in [0.3, 0.4) is 0 Å². The molecule has 204 valence electrons. The van der Waals surface area contributed by atoms with E-state index < -0.39 is 11.7 Å². The zero-order chi connectivity index (χ0) is 27.5. The minimum Gasteiger partial charge on any atom is -0.394 e. The number of aliphatic hydroxyl groups excluding tert-OH is 1. The van der Waals surface area contributed by atoms with Crippen LogP contribution in [0.5, 0.6) is 0 Å². The fourth-order valence-corrected chi connectivity index (χ4v) is 4.44. The van der Waals surface area contributed by atoms with E-state index in [2.05, 4.69) is 41.2 Å². The maximum Gasteiger partial charge on any atom is 0.416 e. The summed E-state index contributed by atoms with van der Waals surface area (Å²) in [7, 11) is 0. The van der Waals surface area contributed by atoms with Crippen molar-refractivity contribution in [1.82, 2.24) is 29.5 Å². The quantitative estimate of drug-likeness (QED) is 0.456. The first kappa shape index (κ1) is 27.5. The summed E-state index contributed by atoms with van der Waals surface area (Å²) < 4.78 is 43.8. The lowest BCUT2D eigenvalue weighted by atomic mass is 9.95. The number of halogens is 3. The number of carbonyl (C=O) groups is 1. The molecule has 12 heteroatoms. The second-order valence-corrected chi connectivity index (χ2v) is 10.6. The number of nitrogens with one attached hydrogen (secondary N) is 1. The van der Waals surface area contributed by atoms with Gasteiger partial charge >= 0.3 is 6.18 Å². The van der Waals surface area contributed by atoms with E-state index in [0.717, 1.165) is 12.6 Å². The molecule has 0 radical (unpaired) electrons. The second kappa shape index (κ2) is 11.1. The molecule has 0 atom stereocenters. The van der Waals surface area contributed by atoms with Crippen LogP contribution in [0.4, 0.5) is 24.8 Å². The molecule has 3 heterocycles. The summed E-state index contributed by atoms with van der Waals surface area (Å²) in [4.78, 5) is 24.8. The average molecular weight is 532 g/mol. The number of hydrogen-bond acceptors (Lipinski definition) is 7. The lowest BCUT2D eigenvalue weighted by Gasteiger charge is -2.37. The molecule has 0 bridgehead atoms. The Morgan fingerprint density at radius 3 is 2.61 bits per heavy atom. The largest absolute Gasteiger partial charge is 0.416 e. The van der Waals surface area contributed by atoms with Gasteiger partial charge in [-0.25, -0.2) is 9.97 Å². The maximum atomic E-state index is 14.1. The van der Waals surface area contributed by atoms with E-state index >= 15 is 0 Å². The summed E-state index contributed by atoms with van der Waals surface area (Å²) >= 11 is 0. The Balaban J connectivity index is 1.52. The van der Waals surface area contributed by atoms with Gasteiger partial charge in [-0.05, 0) is 23.1 Å². The van der Waals surface area contributed by atoms with Gasteiger partial charge < -0.3 is 15.3 Å².